The molecule has 70 valence electrons. The lowest BCUT2D eigenvalue weighted by atomic mass is 10.1. The maximum absolute atomic E-state index is 10.5. The van der Waals surface area contributed by atoms with Gasteiger partial charge in [-0.2, -0.15) is 0 Å². The first-order chi connectivity index (χ1) is 6.22. The van der Waals surface area contributed by atoms with Gasteiger partial charge in [0.1, 0.15) is 0 Å². The van der Waals surface area contributed by atoms with Crippen molar-refractivity contribution < 1.29 is 9.53 Å². The molecule has 13 heavy (non-hydrogen) atoms. The minimum Gasteiger partial charge on any atom is -0.481 e. The fourth-order valence-electron chi connectivity index (χ4n) is 0.947. The second kappa shape index (κ2) is 4.45. The number of carbonyl (C=O) groups excluding carboxylic acids is 1. The lowest BCUT2D eigenvalue weighted by Crippen LogP contribution is -2.11. The second-order valence-electron chi connectivity index (χ2n) is 2.68. The molecular weight excluding hydrogens is 168 g/mol. The van der Waals surface area contributed by atoms with Crippen LogP contribution in [0.4, 0.5) is 0 Å². The molecule has 1 aromatic heterocycles. The van der Waals surface area contributed by atoms with Gasteiger partial charge < -0.3 is 10.5 Å². The molecule has 1 heterocycles. The normalized spacial score (nSPS) is 9.62. The van der Waals surface area contributed by atoms with Crippen molar-refractivity contribution in [2.45, 2.75) is 12.8 Å². The third-order valence-electron chi connectivity index (χ3n) is 1.67. The van der Waals surface area contributed by atoms with E-state index in [2.05, 4.69) is 4.98 Å². The molecule has 0 aliphatic heterocycles. The van der Waals surface area contributed by atoms with Crippen molar-refractivity contribution in [1.29, 1.82) is 0 Å². The quantitative estimate of drug-likeness (QED) is 0.734. The first kappa shape index (κ1) is 9.51. The van der Waals surface area contributed by atoms with Gasteiger partial charge >= 0.3 is 0 Å². The molecule has 1 aromatic rings. The molecule has 0 spiro atoms. The van der Waals surface area contributed by atoms with Crippen LogP contribution < -0.4 is 10.5 Å². The molecule has 4 nitrogen and oxygen atoms in total. The number of hydrogen-bond acceptors (Lipinski definition) is 3. The van der Waals surface area contributed by atoms with Crippen molar-refractivity contribution in [2.24, 2.45) is 5.73 Å². The van der Waals surface area contributed by atoms with E-state index in [4.69, 9.17) is 10.5 Å². The van der Waals surface area contributed by atoms with Crippen LogP contribution in [0.1, 0.15) is 12.0 Å². The number of hydrogen-bond donors (Lipinski definition) is 1. The van der Waals surface area contributed by atoms with Crippen LogP contribution in [0.5, 0.6) is 5.88 Å². The predicted octanol–water partition coefficient (Wildman–Crippen LogP) is 0.508. The summed E-state index contributed by atoms with van der Waals surface area (Å²) in [5, 5.41) is 0. The summed E-state index contributed by atoms with van der Waals surface area (Å²) in [4.78, 5) is 14.5. The Morgan fingerprint density at radius 1 is 1.62 bits per heavy atom. The lowest BCUT2D eigenvalue weighted by molar-refractivity contribution is -0.117. The molecule has 0 atom stereocenters. The molecule has 0 aromatic carbocycles. The van der Waals surface area contributed by atoms with E-state index in [9.17, 15) is 4.79 Å². The lowest BCUT2D eigenvalue weighted by Gasteiger charge is -2.00. The summed E-state index contributed by atoms with van der Waals surface area (Å²) < 4.78 is 4.89. The van der Waals surface area contributed by atoms with E-state index < -0.39 is 0 Å². The van der Waals surface area contributed by atoms with Crippen molar-refractivity contribution in [3.63, 3.8) is 0 Å². The molecule has 0 aliphatic rings. The Balaban J connectivity index is 2.54. The first-order valence-electron chi connectivity index (χ1n) is 3.99. The smallest absolute Gasteiger partial charge is 0.217 e. The molecule has 1 amide bonds. The molecule has 0 bridgehead atoms. The molecule has 0 fully saturated rings. The predicted molar refractivity (Wildman–Crippen MR) is 48.3 cm³/mol. The van der Waals surface area contributed by atoms with Crippen LogP contribution in [0.15, 0.2) is 18.3 Å². The molecule has 0 saturated heterocycles. The Bertz CT molecular complexity index is 282. The first-order valence-corrected chi connectivity index (χ1v) is 3.99. The van der Waals surface area contributed by atoms with Crippen LogP contribution in [0.3, 0.4) is 0 Å². The molecule has 2 N–H and O–H groups in total. The van der Waals surface area contributed by atoms with Crippen LogP contribution in [0.2, 0.25) is 0 Å². The zero-order valence-electron chi connectivity index (χ0n) is 7.49. The van der Waals surface area contributed by atoms with Crippen LogP contribution in [0.25, 0.3) is 0 Å². The Kier molecular flexibility index (Phi) is 3.25. The number of amides is 1. The third kappa shape index (κ3) is 3.11. The Labute approximate surface area is 76.7 Å². The van der Waals surface area contributed by atoms with Crippen molar-refractivity contribution >= 4 is 5.91 Å². The van der Waals surface area contributed by atoms with Gasteiger partial charge in [0.15, 0.2) is 0 Å². The van der Waals surface area contributed by atoms with Gasteiger partial charge in [0.05, 0.1) is 7.11 Å². The highest BCUT2D eigenvalue weighted by atomic mass is 16.5. The average molecular weight is 180 g/mol. The third-order valence-corrected chi connectivity index (χ3v) is 1.67. The number of rotatable bonds is 4. The van der Waals surface area contributed by atoms with Gasteiger partial charge in [-0.3, -0.25) is 4.79 Å². The second-order valence-corrected chi connectivity index (χ2v) is 2.68. The number of pyridine rings is 1. The van der Waals surface area contributed by atoms with Gasteiger partial charge in [-0.1, -0.05) is 6.07 Å². The van der Waals surface area contributed by atoms with E-state index in [1.807, 2.05) is 6.07 Å². The van der Waals surface area contributed by atoms with Crippen molar-refractivity contribution in [3.05, 3.63) is 23.9 Å². The summed E-state index contributed by atoms with van der Waals surface area (Å²) in [5.41, 5.74) is 6.00. The fraction of sp³-hybridized carbons (Fsp3) is 0.333. The zero-order valence-corrected chi connectivity index (χ0v) is 7.49. The molecule has 0 saturated carbocycles. The van der Waals surface area contributed by atoms with E-state index in [0.29, 0.717) is 18.7 Å². The van der Waals surface area contributed by atoms with E-state index in [1.165, 1.54) is 0 Å². The van der Waals surface area contributed by atoms with Crippen LogP contribution in [-0.4, -0.2) is 18.0 Å². The SMILES string of the molecule is COc1ccc(CCC(N)=O)cn1. The maximum atomic E-state index is 10.5. The van der Waals surface area contributed by atoms with Gasteiger partial charge in [-0.25, -0.2) is 4.98 Å². The van der Waals surface area contributed by atoms with Gasteiger partial charge in [-0.15, -0.1) is 0 Å². The monoisotopic (exact) mass is 180 g/mol. The Hall–Kier alpha value is -1.58. The van der Waals surface area contributed by atoms with Crippen molar-refractivity contribution in [1.82, 2.24) is 4.98 Å². The fourth-order valence-corrected chi connectivity index (χ4v) is 0.947. The largest absolute Gasteiger partial charge is 0.481 e. The van der Waals surface area contributed by atoms with Crippen LogP contribution >= 0.6 is 0 Å². The van der Waals surface area contributed by atoms with Gasteiger partial charge in [0, 0.05) is 18.7 Å². The van der Waals surface area contributed by atoms with E-state index in [1.54, 1.807) is 19.4 Å². The van der Waals surface area contributed by atoms with Crippen LogP contribution in [0, 0.1) is 0 Å². The number of ether oxygens (including phenoxy) is 1. The topological polar surface area (TPSA) is 65.2 Å². The Morgan fingerprint density at radius 3 is 2.85 bits per heavy atom. The summed E-state index contributed by atoms with van der Waals surface area (Å²) >= 11 is 0. The number of methoxy groups -OCH3 is 1. The molecule has 1 rings (SSSR count). The number of nitrogens with two attached hydrogens (primary N) is 1. The average Bonchev–Trinajstić information content (AvgIpc) is 2.15. The molecular formula is C9H12N2O2. The number of aryl methyl sites for hydroxylation is 1. The highest BCUT2D eigenvalue weighted by Crippen LogP contribution is 2.07. The van der Waals surface area contributed by atoms with Crippen LogP contribution in [-0.2, 0) is 11.2 Å². The maximum Gasteiger partial charge on any atom is 0.217 e. The summed E-state index contributed by atoms with van der Waals surface area (Å²) in [5.74, 6) is 0.277. The Morgan fingerprint density at radius 2 is 2.38 bits per heavy atom. The zero-order chi connectivity index (χ0) is 9.68. The number of carbonyl (C=O) groups is 1. The van der Waals surface area contributed by atoms with E-state index in [-0.39, 0.29) is 5.91 Å². The van der Waals surface area contributed by atoms with Crippen molar-refractivity contribution in [3.8, 4) is 5.88 Å². The number of nitrogens with zero attached hydrogens (tertiary/aromatic N) is 1. The number of aromatic nitrogens is 1. The summed E-state index contributed by atoms with van der Waals surface area (Å²) in [6, 6.07) is 3.63. The molecule has 4 heteroatoms. The minimum atomic E-state index is -0.296. The highest BCUT2D eigenvalue weighted by molar-refractivity contribution is 5.73. The highest BCUT2D eigenvalue weighted by Gasteiger charge is 1.98. The standard InChI is InChI=1S/C9H12N2O2/c1-13-9-5-3-7(6-11-9)2-4-8(10)12/h3,5-6H,2,4H2,1H3,(H2,10,12). The van der Waals surface area contributed by atoms with E-state index >= 15 is 0 Å². The van der Waals surface area contributed by atoms with Gasteiger partial charge in [-0.05, 0) is 12.0 Å². The summed E-state index contributed by atoms with van der Waals surface area (Å²) in [6.07, 6.45) is 2.67. The summed E-state index contributed by atoms with van der Waals surface area (Å²) in [7, 11) is 1.56. The number of primary amides is 1. The molecule has 0 radical (unpaired) electrons. The minimum absolute atomic E-state index is 0.296. The van der Waals surface area contributed by atoms with Gasteiger partial charge in [0.2, 0.25) is 11.8 Å². The van der Waals surface area contributed by atoms with Gasteiger partial charge in [0.25, 0.3) is 0 Å². The summed E-state index contributed by atoms with van der Waals surface area (Å²) in [6.45, 7) is 0. The molecule has 0 unspecified atom stereocenters. The van der Waals surface area contributed by atoms with E-state index in [0.717, 1.165) is 5.56 Å². The molecule has 0 aliphatic carbocycles. The van der Waals surface area contributed by atoms with Crippen molar-refractivity contribution in [2.75, 3.05) is 7.11 Å².